The van der Waals surface area contributed by atoms with Crippen LogP contribution in [0.25, 0.3) is 0 Å². The van der Waals surface area contributed by atoms with Crippen molar-refractivity contribution in [1.82, 2.24) is 5.32 Å². The fraction of sp³-hybridized carbons (Fsp3) is 1.00. The molecule has 68 valence electrons. The lowest BCUT2D eigenvalue weighted by Crippen LogP contribution is -2.32. The van der Waals surface area contributed by atoms with Crippen LogP contribution in [0.3, 0.4) is 0 Å². The third-order valence-corrected chi connectivity index (χ3v) is 1.60. The Hall–Kier alpha value is 0.0400. The van der Waals surface area contributed by atoms with Crippen LogP contribution in [-0.2, 0) is 0 Å². The van der Waals surface area contributed by atoms with Gasteiger partial charge in [0.25, 0.3) is 0 Å². The molecule has 5 heteroatoms. The first kappa shape index (κ1) is 11.0. The van der Waals surface area contributed by atoms with Gasteiger partial charge < -0.3 is 5.32 Å². The van der Waals surface area contributed by atoms with Crippen LogP contribution in [0.2, 0.25) is 0 Å². The molecule has 0 aliphatic heterocycles. The van der Waals surface area contributed by atoms with Crippen LogP contribution in [0.1, 0.15) is 13.3 Å². The van der Waals surface area contributed by atoms with Crippen LogP contribution >= 0.6 is 11.6 Å². The minimum atomic E-state index is -4.13. The second-order valence-electron chi connectivity index (χ2n) is 2.25. The fourth-order valence-electron chi connectivity index (χ4n) is 0.515. The van der Waals surface area contributed by atoms with Crippen molar-refractivity contribution in [2.45, 2.75) is 24.9 Å². The van der Waals surface area contributed by atoms with Gasteiger partial charge in [-0.1, -0.05) is 6.92 Å². The van der Waals surface area contributed by atoms with E-state index in [0.717, 1.165) is 0 Å². The first-order valence-corrected chi connectivity index (χ1v) is 3.81. The zero-order valence-corrected chi connectivity index (χ0v) is 6.97. The molecule has 1 unspecified atom stereocenters. The number of halogens is 4. The van der Waals surface area contributed by atoms with Crippen molar-refractivity contribution in [3.8, 4) is 0 Å². The molecule has 0 aromatic carbocycles. The molecule has 0 aliphatic carbocycles. The van der Waals surface area contributed by atoms with Crippen molar-refractivity contribution in [3.63, 3.8) is 0 Å². The molecule has 0 radical (unpaired) electrons. The van der Waals surface area contributed by atoms with E-state index in [1.807, 2.05) is 6.92 Å². The Kier molecular flexibility index (Phi) is 4.84. The highest BCUT2D eigenvalue weighted by Crippen LogP contribution is 2.12. The summed E-state index contributed by atoms with van der Waals surface area (Å²) in [6, 6.07) is 0. The molecule has 0 amide bonds. The molecular weight excluding hydrogens is 179 g/mol. The SMILES string of the molecule is CCC(Cl)CNCC(F)(F)F. The molecule has 1 N–H and O–H groups in total. The highest BCUT2D eigenvalue weighted by Gasteiger charge is 2.26. The van der Waals surface area contributed by atoms with Crippen molar-refractivity contribution in [2.75, 3.05) is 13.1 Å². The largest absolute Gasteiger partial charge is 0.401 e. The molecule has 0 fully saturated rings. The molecule has 1 nitrogen and oxygen atoms in total. The Balaban J connectivity index is 3.28. The lowest BCUT2D eigenvalue weighted by Gasteiger charge is -2.10. The van der Waals surface area contributed by atoms with Crippen LogP contribution in [-0.4, -0.2) is 24.6 Å². The fourth-order valence-corrected chi connectivity index (χ4v) is 0.624. The molecule has 0 saturated heterocycles. The van der Waals surface area contributed by atoms with E-state index >= 15 is 0 Å². The minimum Gasteiger partial charge on any atom is -0.307 e. The number of hydrogen-bond acceptors (Lipinski definition) is 1. The number of rotatable bonds is 4. The van der Waals surface area contributed by atoms with E-state index in [0.29, 0.717) is 6.42 Å². The summed E-state index contributed by atoms with van der Waals surface area (Å²) in [6.45, 7) is 1.07. The van der Waals surface area contributed by atoms with Gasteiger partial charge in [-0.05, 0) is 6.42 Å². The third-order valence-electron chi connectivity index (χ3n) is 1.13. The average molecular weight is 190 g/mol. The predicted octanol–water partition coefficient (Wildman–Crippen LogP) is 2.16. The first-order chi connectivity index (χ1) is 4.95. The van der Waals surface area contributed by atoms with Crippen LogP contribution in [0.4, 0.5) is 13.2 Å². The van der Waals surface area contributed by atoms with Gasteiger partial charge in [-0.2, -0.15) is 13.2 Å². The Bertz CT molecular complexity index is 104. The van der Waals surface area contributed by atoms with Crippen LogP contribution in [0, 0.1) is 0 Å². The van der Waals surface area contributed by atoms with Gasteiger partial charge in [0.05, 0.1) is 6.54 Å². The highest BCUT2D eigenvalue weighted by atomic mass is 35.5. The van der Waals surface area contributed by atoms with Crippen LogP contribution < -0.4 is 5.32 Å². The van der Waals surface area contributed by atoms with Gasteiger partial charge in [0.1, 0.15) is 0 Å². The quantitative estimate of drug-likeness (QED) is 0.669. The summed E-state index contributed by atoms with van der Waals surface area (Å²) in [4.78, 5) is 0. The van der Waals surface area contributed by atoms with E-state index in [1.54, 1.807) is 0 Å². The summed E-state index contributed by atoms with van der Waals surface area (Å²) < 4.78 is 34.5. The Morgan fingerprint density at radius 2 is 2.00 bits per heavy atom. The van der Waals surface area contributed by atoms with Gasteiger partial charge in [-0.25, -0.2) is 0 Å². The Morgan fingerprint density at radius 1 is 1.45 bits per heavy atom. The molecule has 0 aromatic heterocycles. The third kappa shape index (κ3) is 7.94. The lowest BCUT2D eigenvalue weighted by atomic mass is 10.3. The maximum atomic E-state index is 11.5. The van der Waals surface area contributed by atoms with Crippen molar-refractivity contribution < 1.29 is 13.2 Å². The van der Waals surface area contributed by atoms with Crippen LogP contribution in [0.15, 0.2) is 0 Å². The summed E-state index contributed by atoms with van der Waals surface area (Å²) in [5, 5.41) is 2.01. The van der Waals surface area contributed by atoms with Gasteiger partial charge in [-0.3, -0.25) is 0 Å². The molecule has 0 heterocycles. The molecule has 0 spiro atoms. The molecule has 0 saturated carbocycles. The minimum absolute atomic E-state index is 0.206. The lowest BCUT2D eigenvalue weighted by molar-refractivity contribution is -0.124. The van der Waals surface area contributed by atoms with E-state index in [-0.39, 0.29) is 11.9 Å². The van der Waals surface area contributed by atoms with Crippen molar-refractivity contribution in [3.05, 3.63) is 0 Å². The molecule has 0 aliphatic rings. The zero-order valence-electron chi connectivity index (χ0n) is 6.21. The van der Waals surface area contributed by atoms with Gasteiger partial charge in [0.2, 0.25) is 0 Å². The molecule has 1 atom stereocenters. The van der Waals surface area contributed by atoms with Gasteiger partial charge in [0, 0.05) is 11.9 Å². The molecule has 11 heavy (non-hydrogen) atoms. The van der Waals surface area contributed by atoms with Crippen LogP contribution in [0.5, 0.6) is 0 Å². The summed E-state index contributed by atoms with van der Waals surface area (Å²) in [6.07, 6.45) is -3.46. The molecule has 0 bridgehead atoms. The molecular formula is C6H11ClF3N. The highest BCUT2D eigenvalue weighted by molar-refractivity contribution is 6.20. The summed E-state index contributed by atoms with van der Waals surface area (Å²) in [5.74, 6) is 0. The number of hydrogen-bond donors (Lipinski definition) is 1. The second kappa shape index (κ2) is 4.83. The van der Waals surface area contributed by atoms with E-state index in [9.17, 15) is 13.2 Å². The van der Waals surface area contributed by atoms with E-state index in [4.69, 9.17) is 11.6 Å². The molecule has 0 aromatic rings. The van der Waals surface area contributed by atoms with Gasteiger partial charge in [-0.15, -0.1) is 11.6 Å². The zero-order chi connectivity index (χ0) is 8.91. The topological polar surface area (TPSA) is 12.0 Å². The monoisotopic (exact) mass is 189 g/mol. The van der Waals surface area contributed by atoms with Gasteiger partial charge in [0.15, 0.2) is 0 Å². The maximum Gasteiger partial charge on any atom is 0.401 e. The molecule has 0 rings (SSSR count). The summed E-state index contributed by atoms with van der Waals surface area (Å²) in [7, 11) is 0. The summed E-state index contributed by atoms with van der Waals surface area (Å²) in [5.41, 5.74) is 0. The van der Waals surface area contributed by atoms with Gasteiger partial charge >= 0.3 is 6.18 Å². The smallest absolute Gasteiger partial charge is 0.307 e. The Morgan fingerprint density at radius 3 is 2.36 bits per heavy atom. The predicted molar refractivity (Wildman–Crippen MR) is 38.9 cm³/mol. The first-order valence-electron chi connectivity index (χ1n) is 3.37. The van der Waals surface area contributed by atoms with Crippen molar-refractivity contribution in [1.29, 1.82) is 0 Å². The van der Waals surface area contributed by atoms with Crippen molar-refractivity contribution in [2.24, 2.45) is 0 Å². The summed E-state index contributed by atoms with van der Waals surface area (Å²) >= 11 is 5.56. The van der Waals surface area contributed by atoms with Crippen molar-refractivity contribution >= 4 is 11.6 Å². The Labute approximate surface area is 68.9 Å². The maximum absolute atomic E-state index is 11.5. The van der Waals surface area contributed by atoms with E-state index in [1.165, 1.54) is 0 Å². The van der Waals surface area contributed by atoms with E-state index in [2.05, 4.69) is 5.32 Å². The second-order valence-corrected chi connectivity index (χ2v) is 2.87. The number of nitrogens with one attached hydrogen (secondary N) is 1. The normalized spacial score (nSPS) is 15.0. The number of alkyl halides is 4. The standard InChI is InChI=1S/C6H11ClF3N/c1-2-5(7)3-11-4-6(8,9)10/h5,11H,2-4H2,1H3. The van der Waals surface area contributed by atoms with E-state index < -0.39 is 12.7 Å². The average Bonchev–Trinajstić information content (AvgIpc) is 1.85.